The summed E-state index contributed by atoms with van der Waals surface area (Å²) in [4.78, 5) is 26.1. The Morgan fingerprint density at radius 3 is 2.21 bits per heavy atom. The second-order valence-corrected chi connectivity index (χ2v) is 11.9. The number of rotatable bonds is 12. The van der Waals surface area contributed by atoms with Gasteiger partial charge in [-0.1, -0.05) is 68.4 Å². The van der Waals surface area contributed by atoms with E-state index < -0.39 is 22.0 Å². The molecule has 210 valence electrons. The van der Waals surface area contributed by atoms with Crippen LogP contribution in [0.5, 0.6) is 0 Å². The van der Waals surface area contributed by atoms with Crippen LogP contribution in [0.25, 0.3) is 11.1 Å². The van der Waals surface area contributed by atoms with Crippen molar-refractivity contribution in [3.63, 3.8) is 0 Å². The Kier molecular flexibility index (Phi) is 9.34. The first-order chi connectivity index (χ1) is 18.4. The molecule has 2 aromatic carbocycles. The molecule has 2 atom stereocenters. The highest BCUT2D eigenvalue weighted by Crippen LogP contribution is 2.32. The molecule has 0 saturated heterocycles. The summed E-state index contributed by atoms with van der Waals surface area (Å²) in [5.41, 5.74) is 9.10. The van der Waals surface area contributed by atoms with E-state index in [2.05, 4.69) is 9.88 Å². The fourth-order valence-corrected chi connectivity index (χ4v) is 6.43. The Labute approximate surface area is 231 Å². The summed E-state index contributed by atoms with van der Waals surface area (Å²) in [6.45, 7) is 11.9. The minimum absolute atomic E-state index is 0.0120. The van der Waals surface area contributed by atoms with Crippen LogP contribution in [-0.2, 0) is 26.2 Å². The van der Waals surface area contributed by atoms with E-state index in [1.165, 1.54) is 6.07 Å². The Balaban J connectivity index is 1.99. The molecule has 0 radical (unpaired) electrons. The topological polar surface area (TPSA) is 132 Å². The molecule has 0 spiro atoms. The van der Waals surface area contributed by atoms with Gasteiger partial charge in [-0.05, 0) is 38.8 Å². The molecule has 9 nitrogen and oxygen atoms in total. The molecule has 0 bridgehead atoms. The van der Waals surface area contributed by atoms with E-state index in [1.54, 1.807) is 32.0 Å². The number of hydrogen-bond donors (Lipinski definition) is 2. The largest absolute Gasteiger partial charge is 0.364 e. The van der Waals surface area contributed by atoms with Crippen molar-refractivity contribution in [3.8, 4) is 11.1 Å². The number of likely N-dealkylation sites (N-methyl/N-ethyl adjacent to an activating group) is 1. The molecular formula is C29H39N4O5S+. The standard InChI is InChI=1S/C29H38N4O5S/c1-7-11-26(34)33(8-2,27(19(3)4)28(30)35)18-22-14-16-23(17-15-22)24-12-9-10-13-25(24)39(36,37)32-29-20(5)21(6)31-38-29/h9-10,12-17,19,27H,7-8,11,18H2,1-6H3,(H2-,30,31,32,35)/p+1/t27-,33?/m0/s1. The zero-order valence-electron chi connectivity index (χ0n) is 23.5. The van der Waals surface area contributed by atoms with Crippen LogP contribution in [-0.4, -0.2) is 42.5 Å². The van der Waals surface area contributed by atoms with Gasteiger partial charge in [0.1, 0.15) is 6.54 Å². The summed E-state index contributed by atoms with van der Waals surface area (Å²) < 4.78 is 34.2. The first-order valence-electron chi connectivity index (χ1n) is 13.2. The average molecular weight is 556 g/mol. The molecule has 10 heteroatoms. The van der Waals surface area contributed by atoms with Crippen molar-refractivity contribution in [3.05, 3.63) is 65.4 Å². The lowest BCUT2D eigenvalue weighted by atomic mass is 9.95. The van der Waals surface area contributed by atoms with E-state index >= 15 is 0 Å². The van der Waals surface area contributed by atoms with Gasteiger partial charge in [-0.25, -0.2) is 22.4 Å². The van der Waals surface area contributed by atoms with Gasteiger partial charge in [-0.2, -0.15) is 0 Å². The molecule has 0 aliphatic rings. The van der Waals surface area contributed by atoms with Crippen LogP contribution in [0, 0.1) is 19.8 Å². The highest BCUT2D eigenvalue weighted by molar-refractivity contribution is 7.92. The summed E-state index contributed by atoms with van der Waals surface area (Å²) in [6, 6.07) is 13.4. The van der Waals surface area contributed by atoms with Crippen LogP contribution in [0.3, 0.4) is 0 Å². The van der Waals surface area contributed by atoms with Gasteiger partial charge in [0.15, 0.2) is 6.04 Å². The van der Waals surface area contributed by atoms with Gasteiger partial charge < -0.3 is 10.3 Å². The summed E-state index contributed by atoms with van der Waals surface area (Å²) in [6.07, 6.45) is 1.03. The number of benzene rings is 2. The predicted molar refractivity (Wildman–Crippen MR) is 151 cm³/mol. The van der Waals surface area contributed by atoms with Crippen LogP contribution in [0.15, 0.2) is 57.9 Å². The summed E-state index contributed by atoms with van der Waals surface area (Å²) in [7, 11) is -3.97. The van der Waals surface area contributed by atoms with Gasteiger partial charge >= 0.3 is 5.91 Å². The smallest absolute Gasteiger partial charge is 0.314 e. The average Bonchev–Trinajstić information content (AvgIpc) is 3.20. The Morgan fingerprint density at radius 1 is 1.05 bits per heavy atom. The van der Waals surface area contributed by atoms with E-state index in [0.29, 0.717) is 48.3 Å². The molecule has 1 aromatic heterocycles. The van der Waals surface area contributed by atoms with Crippen molar-refractivity contribution in [1.29, 1.82) is 0 Å². The third-order valence-electron chi connectivity index (χ3n) is 7.27. The van der Waals surface area contributed by atoms with E-state index in [-0.39, 0.29) is 27.1 Å². The van der Waals surface area contributed by atoms with E-state index in [4.69, 9.17) is 10.3 Å². The van der Waals surface area contributed by atoms with Crippen molar-refractivity contribution in [2.75, 3.05) is 11.3 Å². The van der Waals surface area contributed by atoms with E-state index in [9.17, 15) is 18.0 Å². The number of aromatic nitrogens is 1. The first kappa shape index (κ1) is 30.0. The van der Waals surface area contributed by atoms with Crippen LogP contribution in [0.1, 0.15) is 57.4 Å². The summed E-state index contributed by atoms with van der Waals surface area (Å²) in [5, 5.41) is 3.82. The van der Waals surface area contributed by atoms with Gasteiger partial charge in [-0.15, -0.1) is 0 Å². The minimum Gasteiger partial charge on any atom is -0.364 e. The molecule has 39 heavy (non-hydrogen) atoms. The van der Waals surface area contributed by atoms with Crippen LogP contribution < -0.4 is 10.5 Å². The van der Waals surface area contributed by atoms with E-state index in [0.717, 1.165) is 5.56 Å². The molecule has 0 aliphatic heterocycles. The number of aryl methyl sites for hydroxylation is 1. The molecule has 0 saturated carbocycles. The van der Waals surface area contributed by atoms with Crippen molar-refractivity contribution in [2.24, 2.45) is 11.7 Å². The van der Waals surface area contributed by atoms with Crippen LogP contribution in [0.4, 0.5) is 5.88 Å². The van der Waals surface area contributed by atoms with Gasteiger partial charge in [0.2, 0.25) is 5.88 Å². The third-order valence-corrected chi connectivity index (χ3v) is 8.66. The molecule has 0 fully saturated rings. The molecule has 3 aromatic rings. The van der Waals surface area contributed by atoms with E-state index in [1.807, 2.05) is 52.0 Å². The number of carbonyl (C=O) groups is 2. The maximum atomic E-state index is 13.4. The van der Waals surface area contributed by atoms with Gasteiger partial charge in [-0.3, -0.25) is 4.79 Å². The maximum absolute atomic E-state index is 13.4. The van der Waals surface area contributed by atoms with Crippen LogP contribution in [0.2, 0.25) is 0 Å². The number of quaternary nitrogens is 1. The summed E-state index contributed by atoms with van der Waals surface area (Å²) >= 11 is 0. The molecule has 0 aliphatic carbocycles. The number of amides is 2. The lowest BCUT2D eigenvalue weighted by Crippen LogP contribution is -2.64. The predicted octanol–water partition coefficient (Wildman–Crippen LogP) is 4.93. The molecule has 3 N–H and O–H groups in total. The Morgan fingerprint density at radius 2 is 1.69 bits per heavy atom. The van der Waals surface area contributed by atoms with Gasteiger partial charge in [0.05, 0.1) is 23.6 Å². The van der Waals surface area contributed by atoms with Crippen molar-refractivity contribution < 1.29 is 27.0 Å². The second kappa shape index (κ2) is 12.1. The van der Waals surface area contributed by atoms with Crippen LogP contribution >= 0.6 is 0 Å². The Hall–Kier alpha value is -3.50. The quantitative estimate of drug-likeness (QED) is 0.305. The zero-order chi connectivity index (χ0) is 29.0. The summed E-state index contributed by atoms with van der Waals surface area (Å²) in [5.74, 6) is -0.542. The lowest BCUT2D eigenvalue weighted by molar-refractivity contribution is -0.885. The maximum Gasteiger partial charge on any atom is 0.314 e. The fourth-order valence-electron chi connectivity index (χ4n) is 5.15. The van der Waals surface area contributed by atoms with Crippen molar-refractivity contribution >= 4 is 27.7 Å². The third kappa shape index (κ3) is 6.23. The number of nitrogens with two attached hydrogens (primary N) is 1. The zero-order valence-corrected chi connectivity index (χ0v) is 24.3. The van der Waals surface area contributed by atoms with Crippen molar-refractivity contribution in [2.45, 2.75) is 71.9 Å². The van der Waals surface area contributed by atoms with Crippen molar-refractivity contribution in [1.82, 2.24) is 5.16 Å². The molecule has 1 unspecified atom stereocenters. The number of carbonyl (C=O) groups excluding carboxylic acids is 2. The monoisotopic (exact) mass is 555 g/mol. The second-order valence-electron chi connectivity index (χ2n) is 10.3. The SMILES string of the molecule is CCCC(=O)[N+](CC)(Cc1ccc(-c2ccccc2S(=O)(=O)Nc2onc(C)c2C)cc1)[C@H](C(N)=O)C(C)C. The van der Waals surface area contributed by atoms with Gasteiger partial charge in [0.25, 0.3) is 15.9 Å². The number of sulfonamides is 1. The number of primary amides is 1. The molecule has 3 rings (SSSR count). The molecule has 2 amide bonds. The van der Waals surface area contributed by atoms with Gasteiger partial charge in [0, 0.05) is 22.6 Å². The highest BCUT2D eigenvalue weighted by atomic mass is 32.2. The highest BCUT2D eigenvalue weighted by Gasteiger charge is 2.47. The normalized spacial score (nSPS) is 14.1. The molecular weight excluding hydrogens is 516 g/mol. The number of nitrogens with zero attached hydrogens (tertiary/aromatic N) is 2. The fraction of sp³-hybridized carbons (Fsp3) is 0.414. The number of nitrogens with one attached hydrogen (secondary N) is 1. The number of anilines is 1. The number of hydrogen-bond acceptors (Lipinski definition) is 6. The lowest BCUT2D eigenvalue weighted by Gasteiger charge is -2.42. The first-order valence-corrected chi connectivity index (χ1v) is 14.7. The Bertz CT molecular complexity index is 1430. The minimum atomic E-state index is -3.97. The molecule has 1 heterocycles.